The number of hydrogen-bond donors (Lipinski definition) is 0. The molecule has 7 rings (SSSR count). The highest BCUT2D eigenvalue weighted by Gasteiger charge is 2.55. The Labute approximate surface area is 244 Å². The van der Waals surface area contributed by atoms with Crippen LogP contribution in [-0.2, 0) is 25.4 Å². The van der Waals surface area contributed by atoms with Crippen LogP contribution >= 0.6 is 0 Å². The second-order valence-corrected chi connectivity index (χ2v) is 12.0. The first kappa shape index (κ1) is 27.0. The molecule has 1 saturated carbocycles. The van der Waals surface area contributed by atoms with Gasteiger partial charge < -0.3 is 23.7 Å². The smallest absolute Gasteiger partial charge is 0.341 e. The largest absolute Gasteiger partial charge is 0.493 e. The number of rotatable bonds is 7. The molecule has 4 heterocycles. The Kier molecular flexibility index (Phi) is 6.53. The molecule has 1 aliphatic carbocycles. The van der Waals surface area contributed by atoms with E-state index < -0.39 is 17.5 Å². The van der Waals surface area contributed by atoms with Gasteiger partial charge in [0.1, 0.15) is 23.0 Å². The minimum absolute atomic E-state index is 0.250. The highest BCUT2D eigenvalue weighted by molar-refractivity contribution is 6.21. The maximum absolute atomic E-state index is 13.6. The molecule has 0 N–H and O–H groups in total. The number of carbonyl (C=O) groups excluding carboxylic acids is 3. The van der Waals surface area contributed by atoms with Gasteiger partial charge in [-0.05, 0) is 73.9 Å². The molecule has 1 spiro atoms. The number of ether oxygens (including phenoxy) is 5. The summed E-state index contributed by atoms with van der Waals surface area (Å²) < 4.78 is 30.7. The van der Waals surface area contributed by atoms with Gasteiger partial charge in [-0.15, -0.1) is 0 Å². The van der Waals surface area contributed by atoms with Gasteiger partial charge in [0, 0.05) is 25.8 Å². The number of benzene rings is 2. The average Bonchev–Trinajstić information content (AvgIpc) is 3.23. The average molecular weight is 574 g/mol. The zero-order chi connectivity index (χ0) is 29.1. The summed E-state index contributed by atoms with van der Waals surface area (Å²) in [5.41, 5.74) is 2.63. The van der Waals surface area contributed by atoms with Crippen molar-refractivity contribution in [2.24, 2.45) is 0 Å². The van der Waals surface area contributed by atoms with Gasteiger partial charge in [0.15, 0.2) is 11.5 Å². The zero-order valence-electron chi connectivity index (χ0n) is 24.0. The molecule has 5 aliphatic rings. The summed E-state index contributed by atoms with van der Waals surface area (Å²) in [5, 5.41) is 0. The van der Waals surface area contributed by atoms with E-state index in [9.17, 15) is 14.4 Å². The number of fused-ring (bicyclic) bond motifs is 6. The van der Waals surface area contributed by atoms with Crippen molar-refractivity contribution in [3.63, 3.8) is 0 Å². The van der Waals surface area contributed by atoms with E-state index in [1.54, 1.807) is 38.5 Å². The molecule has 0 saturated heterocycles. The molecule has 0 aromatic heterocycles. The molecular formula is C33H35NO8. The van der Waals surface area contributed by atoms with E-state index in [4.69, 9.17) is 23.7 Å². The van der Waals surface area contributed by atoms with Crippen LogP contribution in [0.15, 0.2) is 47.7 Å². The fraction of sp³-hybridized carbons (Fsp3) is 0.485. The van der Waals surface area contributed by atoms with Crippen LogP contribution < -0.4 is 9.47 Å². The Balaban J connectivity index is 1.16. The Morgan fingerprint density at radius 3 is 2.26 bits per heavy atom. The number of carbonyl (C=O) groups is 3. The molecule has 2 atom stereocenters. The van der Waals surface area contributed by atoms with Gasteiger partial charge in [0.25, 0.3) is 11.8 Å². The van der Waals surface area contributed by atoms with Crippen molar-refractivity contribution in [2.75, 3.05) is 20.8 Å². The van der Waals surface area contributed by atoms with Gasteiger partial charge >= 0.3 is 5.97 Å². The van der Waals surface area contributed by atoms with Crippen LogP contribution in [0.5, 0.6) is 11.5 Å². The van der Waals surface area contributed by atoms with Gasteiger partial charge in [0.05, 0.1) is 25.3 Å². The molecule has 220 valence electrons. The summed E-state index contributed by atoms with van der Waals surface area (Å²) in [6.45, 7) is 0.316. The van der Waals surface area contributed by atoms with E-state index in [-0.39, 0.29) is 17.8 Å². The van der Waals surface area contributed by atoms with Crippen molar-refractivity contribution < 1.29 is 38.1 Å². The van der Waals surface area contributed by atoms with Crippen LogP contribution in [0.4, 0.5) is 0 Å². The predicted octanol–water partition coefficient (Wildman–Crippen LogP) is 5.41. The summed E-state index contributed by atoms with van der Waals surface area (Å²) >= 11 is 0. The molecule has 2 aromatic rings. The fourth-order valence-corrected chi connectivity index (χ4v) is 7.36. The molecule has 4 aliphatic heterocycles. The van der Waals surface area contributed by atoms with E-state index in [1.165, 1.54) is 4.90 Å². The number of esters is 1. The first-order valence-corrected chi connectivity index (χ1v) is 14.9. The maximum atomic E-state index is 13.6. The Morgan fingerprint density at radius 1 is 0.881 bits per heavy atom. The van der Waals surface area contributed by atoms with Crippen LogP contribution in [0.25, 0.3) is 0 Å². The third-order valence-electron chi connectivity index (χ3n) is 9.44. The van der Waals surface area contributed by atoms with Gasteiger partial charge in [-0.2, -0.15) is 0 Å². The van der Waals surface area contributed by atoms with E-state index in [0.717, 1.165) is 43.2 Å². The Bertz CT molecular complexity index is 1470. The minimum Gasteiger partial charge on any atom is -0.493 e. The van der Waals surface area contributed by atoms with Crippen molar-refractivity contribution in [3.05, 3.63) is 70.0 Å². The lowest BCUT2D eigenvalue weighted by molar-refractivity contribution is -0.272. The second kappa shape index (κ2) is 10.2. The van der Waals surface area contributed by atoms with E-state index in [2.05, 4.69) is 0 Å². The predicted molar refractivity (Wildman–Crippen MR) is 150 cm³/mol. The SMILES string of the molecule is COc1cc2c(cc1OC)C1O[C@](CCCCN3C(=O)c4ccccc4C3=O)(C2)OC2=C1C(=O)OC1(CCCCC1)C2. The van der Waals surface area contributed by atoms with Crippen LogP contribution in [0, 0.1) is 0 Å². The van der Waals surface area contributed by atoms with Crippen molar-refractivity contribution in [1.29, 1.82) is 0 Å². The van der Waals surface area contributed by atoms with Crippen molar-refractivity contribution >= 4 is 17.8 Å². The van der Waals surface area contributed by atoms with Gasteiger partial charge in [0.2, 0.25) is 5.79 Å². The lowest BCUT2D eigenvalue weighted by Gasteiger charge is -2.51. The lowest BCUT2D eigenvalue weighted by Crippen LogP contribution is -2.52. The van der Waals surface area contributed by atoms with Crippen LogP contribution in [0.1, 0.15) is 95.7 Å². The number of amides is 2. The van der Waals surface area contributed by atoms with Crippen molar-refractivity contribution in [3.8, 4) is 11.5 Å². The third kappa shape index (κ3) is 4.28. The molecular weight excluding hydrogens is 538 g/mol. The first-order chi connectivity index (χ1) is 20.4. The standard InChI is InChI=1S/C33H35NO8/c1-38-24-16-20-18-33(14-8-9-15-34-29(35)21-10-4-5-11-22(21)30(34)36)40-26-19-32(12-6-3-7-13-32)42-31(37)27(26)28(41-33)23(20)17-25(24)39-2/h4-5,10-11,16-17,28H,3,6-9,12-15,18-19H2,1-2H3/t28?,33-/m1/s1. The zero-order valence-corrected chi connectivity index (χ0v) is 24.0. The number of unbranched alkanes of at least 4 members (excludes halogenated alkanes) is 1. The second-order valence-electron chi connectivity index (χ2n) is 12.0. The highest BCUT2D eigenvalue weighted by atomic mass is 16.7. The van der Waals surface area contributed by atoms with Crippen molar-refractivity contribution in [2.45, 2.75) is 81.7 Å². The monoisotopic (exact) mass is 573 g/mol. The Morgan fingerprint density at radius 2 is 1.57 bits per heavy atom. The molecule has 2 bridgehead atoms. The third-order valence-corrected chi connectivity index (χ3v) is 9.44. The summed E-state index contributed by atoms with van der Waals surface area (Å²) in [6.07, 6.45) is 7.00. The van der Waals surface area contributed by atoms with Crippen molar-refractivity contribution in [1.82, 2.24) is 4.90 Å². The van der Waals surface area contributed by atoms with Gasteiger partial charge in [-0.3, -0.25) is 14.5 Å². The summed E-state index contributed by atoms with van der Waals surface area (Å²) in [7, 11) is 3.18. The molecule has 42 heavy (non-hydrogen) atoms. The van der Waals surface area contributed by atoms with E-state index >= 15 is 0 Å². The fourth-order valence-electron chi connectivity index (χ4n) is 7.36. The summed E-state index contributed by atoms with van der Waals surface area (Å²) in [6, 6.07) is 10.8. The molecule has 2 aromatic carbocycles. The van der Waals surface area contributed by atoms with E-state index in [0.29, 0.717) is 72.6 Å². The number of hydrogen-bond acceptors (Lipinski definition) is 8. The normalized spacial score (nSPS) is 25.4. The Hall–Kier alpha value is -3.85. The quantitative estimate of drug-likeness (QED) is 0.246. The minimum atomic E-state index is -0.994. The first-order valence-electron chi connectivity index (χ1n) is 14.9. The highest BCUT2D eigenvalue weighted by Crippen LogP contribution is 2.55. The molecule has 1 unspecified atom stereocenters. The number of imide groups is 1. The topological polar surface area (TPSA) is 101 Å². The molecule has 9 heteroatoms. The molecule has 9 nitrogen and oxygen atoms in total. The van der Waals surface area contributed by atoms with Gasteiger partial charge in [-0.1, -0.05) is 18.6 Å². The molecule has 2 amide bonds. The van der Waals surface area contributed by atoms with Crippen LogP contribution in [0.3, 0.4) is 0 Å². The maximum Gasteiger partial charge on any atom is 0.341 e. The summed E-state index contributed by atoms with van der Waals surface area (Å²) in [5.74, 6) is -0.0329. The van der Waals surface area contributed by atoms with Crippen LogP contribution in [0.2, 0.25) is 0 Å². The van der Waals surface area contributed by atoms with Crippen LogP contribution in [-0.4, -0.2) is 54.8 Å². The number of nitrogens with zero attached hydrogens (tertiary/aromatic N) is 1. The molecule has 1 fully saturated rings. The lowest BCUT2D eigenvalue weighted by atomic mass is 9.77. The number of methoxy groups -OCH3 is 2. The summed E-state index contributed by atoms with van der Waals surface area (Å²) in [4.78, 5) is 40.6. The molecule has 0 radical (unpaired) electrons. The van der Waals surface area contributed by atoms with Gasteiger partial charge in [-0.25, -0.2) is 4.79 Å². The van der Waals surface area contributed by atoms with E-state index in [1.807, 2.05) is 12.1 Å².